The molecule has 300 valence electrons. The van der Waals surface area contributed by atoms with Crippen molar-refractivity contribution in [3.63, 3.8) is 0 Å². The van der Waals surface area contributed by atoms with Gasteiger partial charge in [0.2, 0.25) is 0 Å². The molecule has 0 aromatic carbocycles. The quantitative estimate of drug-likeness (QED) is 0.0352. The van der Waals surface area contributed by atoms with Crippen LogP contribution in [-0.4, -0.2) is 35.5 Å². The summed E-state index contributed by atoms with van der Waals surface area (Å²) in [4.78, 5) is 2.42. The van der Waals surface area contributed by atoms with E-state index in [0.717, 1.165) is 18.1 Å². The molecule has 0 aliphatic carbocycles. The van der Waals surface area contributed by atoms with Gasteiger partial charge in [0.05, 0.1) is 0 Å². The lowest BCUT2D eigenvalue weighted by Crippen LogP contribution is -2.43. The van der Waals surface area contributed by atoms with E-state index in [9.17, 15) is 0 Å². The Balaban J connectivity index is 4.39. The standard InChI is InChI=1S/C48H91NS2/c1-9-12-14-16-18-20-22-24-26-28-30-32-34-36-38-40-42-46(51-50-45-48(6,11-3)44-47(4,5)49(7)8)43-41-39-37-35-33-31-29-27-25-23-21-19-17-15-13-10-2/h18-21,24-27,46H,9-17,22-23,28-45H2,1-8H3/b20-18-,21-19-,26-24-,27-25-. The molecule has 0 spiro atoms. The SMILES string of the molecule is CCCCC/C=C\C/C=C\CCCCCCCCC(CCCCCCCC/C=C\C/C=C\CCCCC)SSCC(C)(CC)CC(C)(C)N(C)C. The molecule has 0 radical (unpaired) electrons. The largest absolute Gasteiger partial charge is 0.304 e. The molecule has 1 nitrogen and oxygen atoms in total. The summed E-state index contributed by atoms with van der Waals surface area (Å²) in [6.07, 6.45) is 56.6. The molecule has 0 rings (SSSR count). The third kappa shape index (κ3) is 33.9. The molecule has 0 aromatic heterocycles. The summed E-state index contributed by atoms with van der Waals surface area (Å²) in [7, 11) is 8.94. The first kappa shape index (κ1) is 50.6. The molecule has 0 fully saturated rings. The van der Waals surface area contributed by atoms with Crippen LogP contribution in [-0.2, 0) is 0 Å². The fraction of sp³-hybridized carbons (Fsp3) is 0.833. The maximum absolute atomic E-state index is 2.53. The van der Waals surface area contributed by atoms with Crippen molar-refractivity contribution in [1.29, 1.82) is 0 Å². The average molecular weight is 746 g/mol. The Morgan fingerprint density at radius 3 is 1.24 bits per heavy atom. The number of nitrogens with zero attached hydrogens (tertiary/aromatic N) is 1. The van der Waals surface area contributed by atoms with Crippen LogP contribution in [0.3, 0.4) is 0 Å². The normalized spacial score (nSPS) is 14.2. The van der Waals surface area contributed by atoms with Gasteiger partial charge in [-0.05, 0) is 123 Å². The number of hydrogen-bond donors (Lipinski definition) is 0. The summed E-state index contributed by atoms with van der Waals surface area (Å²) in [5.41, 5.74) is 0.647. The van der Waals surface area contributed by atoms with Crippen LogP contribution >= 0.6 is 21.6 Å². The summed E-state index contributed by atoms with van der Waals surface area (Å²) >= 11 is 0. The van der Waals surface area contributed by atoms with Crippen molar-refractivity contribution in [3.05, 3.63) is 48.6 Å². The van der Waals surface area contributed by atoms with Crippen molar-refractivity contribution >= 4 is 21.6 Å². The molecular formula is C48H91NS2. The van der Waals surface area contributed by atoms with Gasteiger partial charge in [-0.1, -0.05) is 188 Å². The molecule has 0 aliphatic heterocycles. The number of rotatable bonds is 38. The molecular weight excluding hydrogens is 655 g/mol. The first-order chi connectivity index (χ1) is 24.7. The summed E-state index contributed by atoms with van der Waals surface area (Å²) in [6, 6.07) is 0. The Labute approximate surface area is 331 Å². The fourth-order valence-electron chi connectivity index (χ4n) is 6.71. The maximum atomic E-state index is 2.53. The van der Waals surface area contributed by atoms with E-state index in [2.05, 4.69) is 131 Å². The third-order valence-corrected chi connectivity index (χ3v) is 14.3. The van der Waals surface area contributed by atoms with Gasteiger partial charge in [-0.15, -0.1) is 0 Å². The van der Waals surface area contributed by atoms with Gasteiger partial charge in [0, 0.05) is 16.5 Å². The third-order valence-electron chi connectivity index (χ3n) is 11.0. The highest BCUT2D eigenvalue weighted by molar-refractivity contribution is 8.76. The second-order valence-electron chi connectivity index (χ2n) is 16.8. The van der Waals surface area contributed by atoms with Crippen molar-refractivity contribution in [2.45, 2.75) is 232 Å². The zero-order valence-electron chi connectivity index (χ0n) is 36.0. The van der Waals surface area contributed by atoms with Gasteiger partial charge >= 0.3 is 0 Å². The van der Waals surface area contributed by atoms with Gasteiger partial charge < -0.3 is 4.90 Å². The minimum atomic E-state index is 0.248. The second kappa shape index (κ2) is 36.6. The smallest absolute Gasteiger partial charge is 0.0152 e. The van der Waals surface area contributed by atoms with Crippen LogP contribution in [0.1, 0.15) is 221 Å². The van der Waals surface area contributed by atoms with E-state index in [1.165, 1.54) is 173 Å². The van der Waals surface area contributed by atoms with Gasteiger partial charge in [-0.3, -0.25) is 0 Å². The minimum absolute atomic E-state index is 0.248. The van der Waals surface area contributed by atoms with E-state index in [1.807, 2.05) is 0 Å². The summed E-state index contributed by atoms with van der Waals surface area (Å²) in [5.74, 6) is 1.27. The fourth-order valence-corrected chi connectivity index (χ4v) is 10.3. The monoisotopic (exact) mass is 746 g/mol. The summed E-state index contributed by atoms with van der Waals surface area (Å²) in [6.45, 7) is 14.3. The van der Waals surface area contributed by atoms with Crippen LogP contribution in [0.25, 0.3) is 0 Å². The Bertz CT molecular complexity index is 792. The van der Waals surface area contributed by atoms with Gasteiger partial charge in [-0.25, -0.2) is 0 Å². The predicted molar refractivity (Wildman–Crippen MR) is 243 cm³/mol. The molecule has 0 aromatic rings. The Hall–Kier alpha value is -0.380. The molecule has 51 heavy (non-hydrogen) atoms. The molecule has 3 heteroatoms. The lowest BCUT2D eigenvalue weighted by molar-refractivity contribution is 0.121. The van der Waals surface area contributed by atoms with Crippen LogP contribution in [0.15, 0.2) is 48.6 Å². The van der Waals surface area contributed by atoms with E-state index in [-0.39, 0.29) is 5.54 Å². The van der Waals surface area contributed by atoms with Crippen molar-refractivity contribution in [2.24, 2.45) is 5.41 Å². The number of hydrogen-bond acceptors (Lipinski definition) is 3. The molecule has 0 aliphatic rings. The molecule has 0 heterocycles. The van der Waals surface area contributed by atoms with Crippen molar-refractivity contribution in [3.8, 4) is 0 Å². The Kier molecular flexibility index (Phi) is 36.3. The Morgan fingerprint density at radius 2 is 0.863 bits per heavy atom. The van der Waals surface area contributed by atoms with Crippen LogP contribution in [0.5, 0.6) is 0 Å². The van der Waals surface area contributed by atoms with Crippen molar-refractivity contribution in [1.82, 2.24) is 4.90 Å². The van der Waals surface area contributed by atoms with Crippen LogP contribution in [0.2, 0.25) is 0 Å². The lowest BCUT2D eigenvalue weighted by atomic mass is 9.77. The van der Waals surface area contributed by atoms with Gasteiger partial charge in [0.1, 0.15) is 0 Å². The molecule has 0 N–H and O–H groups in total. The summed E-state index contributed by atoms with van der Waals surface area (Å²) in [5, 5.41) is 0.828. The molecule has 0 saturated heterocycles. The van der Waals surface area contributed by atoms with E-state index >= 15 is 0 Å². The molecule has 1 unspecified atom stereocenters. The molecule has 0 amide bonds. The molecule has 0 saturated carbocycles. The highest BCUT2D eigenvalue weighted by atomic mass is 33.1. The number of unbranched alkanes of at least 4 members (excludes halogenated alkanes) is 18. The summed E-state index contributed by atoms with van der Waals surface area (Å²) < 4.78 is 0. The van der Waals surface area contributed by atoms with Gasteiger partial charge in [-0.2, -0.15) is 0 Å². The lowest BCUT2D eigenvalue weighted by Gasteiger charge is -2.41. The first-order valence-electron chi connectivity index (χ1n) is 22.3. The van der Waals surface area contributed by atoms with Crippen molar-refractivity contribution < 1.29 is 0 Å². The van der Waals surface area contributed by atoms with E-state index < -0.39 is 0 Å². The predicted octanol–water partition coefficient (Wildman–Crippen LogP) is 17.3. The highest BCUT2D eigenvalue weighted by Gasteiger charge is 2.33. The van der Waals surface area contributed by atoms with Crippen LogP contribution in [0, 0.1) is 5.41 Å². The van der Waals surface area contributed by atoms with E-state index in [1.54, 1.807) is 0 Å². The minimum Gasteiger partial charge on any atom is -0.304 e. The maximum Gasteiger partial charge on any atom is 0.0152 e. The van der Waals surface area contributed by atoms with Crippen molar-refractivity contribution in [2.75, 3.05) is 19.8 Å². The zero-order valence-corrected chi connectivity index (χ0v) is 37.6. The van der Waals surface area contributed by atoms with Crippen LogP contribution < -0.4 is 0 Å². The zero-order chi connectivity index (χ0) is 37.7. The van der Waals surface area contributed by atoms with Gasteiger partial charge in [0.15, 0.2) is 0 Å². The number of allylic oxidation sites excluding steroid dienone is 8. The first-order valence-corrected chi connectivity index (χ1v) is 24.6. The van der Waals surface area contributed by atoms with E-state index in [4.69, 9.17) is 0 Å². The highest BCUT2D eigenvalue weighted by Crippen LogP contribution is 2.42. The average Bonchev–Trinajstić information content (AvgIpc) is 3.10. The molecule has 0 bridgehead atoms. The topological polar surface area (TPSA) is 3.24 Å². The second-order valence-corrected chi connectivity index (χ2v) is 19.4. The van der Waals surface area contributed by atoms with E-state index in [0.29, 0.717) is 5.41 Å². The van der Waals surface area contributed by atoms with Gasteiger partial charge in [0.25, 0.3) is 0 Å². The van der Waals surface area contributed by atoms with Crippen LogP contribution in [0.4, 0.5) is 0 Å². The molecule has 1 atom stereocenters. The Morgan fingerprint density at radius 1 is 0.490 bits per heavy atom.